The third-order valence-electron chi connectivity index (χ3n) is 3.29. The number of carbonyl (C=O) groups is 2. The first-order chi connectivity index (χ1) is 9.97. The van der Waals surface area contributed by atoms with Gasteiger partial charge in [-0.1, -0.05) is 18.2 Å². The Kier molecular flexibility index (Phi) is 3.88. The molecule has 1 heterocycles. The van der Waals surface area contributed by atoms with Crippen LogP contribution < -0.4 is 5.32 Å². The van der Waals surface area contributed by atoms with E-state index in [2.05, 4.69) is 5.32 Å². The SMILES string of the molecule is CC(SC1(C(C#N)C#N)C(=O)Nc2ccccc21)C(=O)O. The Morgan fingerprint density at radius 3 is 2.57 bits per heavy atom. The van der Waals surface area contributed by atoms with E-state index in [1.165, 1.54) is 6.92 Å². The van der Waals surface area contributed by atoms with Crippen LogP contribution in [-0.2, 0) is 14.3 Å². The molecule has 2 rings (SSSR count). The molecule has 2 unspecified atom stereocenters. The van der Waals surface area contributed by atoms with Gasteiger partial charge in [-0.2, -0.15) is 10.5 Å². The van der Waals surface area contributed by atoms with Gasteiger partial charge in [0.2, 0.25) is 5.91 Å². The molecule has 0 saturated carbocycles. The molecule has 0 aliphatic carbocycles. The largest absolute Gasteiger partial charge is 0.480 e. The van der Waals surface area contributed by atoms with Crippen molar-refractivity contribution in [3.8, 4) is 12.1 Å². The number of thioether (sulfide) groups is 1. The number of carboxylic acid groups (broad SMARTS) is 1. The summed E-state index contributed by atoms with van der Waals surface area (Å²) in [6.45, 7) is 1.43. The van der Waals surface area contributed by atoms with Crippen molar-refractivity contribution in [3.05, 3.63) is 29.8 Å². The normalized spacial score (nSPS) is 21.0. The van der Waals surface area contributed by atoms with Crippen molar-refractivity contribution in [1.29, 1.82) is 10.5 Å². The molecule has 2 N–H and O–H groups in total. The van der Waals surface area contributed by atoms with E-state index in [1.807, 2.05) is 12.1 Å². The molecule has 0 spiro atoms. The molecule has 0 fully saturated rings. The predicted octanol–water partition coefficient (Wildman–Crippen LogP) is 1.70. The first-order valence-corrected chi connectivity index (χ1v) is 6.96. The summed E-state index contributed by atoms with van der Waals surface area (Å²) in [5.41, 5.74) is 0.976. The number of carbonyl (C=O) groups excluding carboxylic acids is 1. The zero-order chi connectivity index (χ0) is 15.6. The Morgan fingerprint density at radius 2 is 2.00 bits per heavy atom. The van der Waals surface area contributed by atoms with Gasteiger partial charge >= 0.3 is 5.97 Å². The second kappa shape index (κ2) is 5.47. The molecule has 1 aromatic rings. The van der Waals surface area contributed by atoms with Crippen LogP contribution in [0.2, 0.25) is 0 Å². The van der Waals surface area contributed by atoms with Gasteiger partial charge in [0.1, 0.15) is 5.25 Å². The number of amides is 1. The summed E-state index contributed by atoms with van der Waals surface area (Å²) < 4.78 is -1.53. The Labute approximate surface area is 125 Å². The van der Waals surface area contributed by atoms with E-state index in [-0.39, 0.29) is 0 Å². The van der Waals surface area contributed by atoms with Crippen LogP contribution in [0.25, 0.3) is 0 Å². The number of rotatable bonds is 4. The van der Waals surface area contributed by atoms with Gasteiger partial charge < -0.3 is 10.4 Å². The average Bonchev–Trinajstić information content (AvgIpc) is 2.74. The van der Waals surface area contributed by atoms with Gasteiger partial charge in [-0.3, -0.25) is 9.59 Å². The molecular weight excluding hydrogens is 290 g/mol. The second-order valence-corrected chi connectivity index (χ2v) is 6.11. The highest BCUT2D eigenvalue weighted by molar-refractivity contribution is 8.02. The van der Waals surface area contributed by atoms with Gasteiger partial charge in [0, 0.05) is 11.3 Å². The van der Waals surface area contributed by atoms with E-state index in [0.29, 0.717) is 11.3 Å². The number of nitriles is 2. The summed E-state index contributed by atoms with van der Waals surface area (Å²) in [7, 11) is 0. The molecule has 0 radical (unpaired) electrons. The first kappa shape index (κ1) is 14.9. The topological polar surface area (TPSA) is 114 Å². The zero-order valence-electron chi connectivity index (χ0n) is 11.0. The third-order valence-corrected chi connectivity index (χ3v) is 4.86. The monoisotopic (exact) mass is 301 g/mol. The summed E-state index contributed by atoms with van der Waals surface area (Å²) in [5, 5.41) is 29.3. The van der Waals surface area contributed by atoms with Crippen molar-refractivity contribution in [2.24, 2.45) is 5.92 Å². The van der Waals surface area contributed by atoms with Crippen molar-refractivity contribution < 1.29 is 14.7 Å². The van der Waals surface area contributed by atoms with Crippen LogP contribution >= 0.6 is 11.8 Å². The lowest BCUT2D eigenvalue weighted by atomic mass is 9.87. The highest BCUT2D eigenvalue weighted by atomic mass is 32.2. The summed E-state index contributed by atoms with van der Waals surface area (Å²) in [4.78, 5) is 23.6. The van der Waals surface area contributed by atoms with Crippen LogP contribution in [0, 0.1) is 28.6 Å². The zero-order valence-corrected chi connectivity index (χ0v) is 11.8. The van der Waals surface area contributed by atoms with Crippen molar-refractivity contribution in [2.45, 2.75) is 16.9 Å². The number of carboxylic acids is 1. The van der Waals surface area contributed by atoms with Gasteiger partial charge in [-0.15, -0.1) is 11.8 Å². The summed E-state index contributed by atoms with van der Waals surface area (Å²) >= 11 is 0.814. The van der Waals surface area contributed by atoms with Crippen molar-refractivity contribution in [2.75, 3.05) is 5.32 Å². The van der Waals surface area contributed by atoms with Crippen LogP contribution in [0.1, 0.15) is 12.5 Å². The van der Waals surface area contributed by atoms with Crippen LogP contribution in [0.15, 0.2) is 24.3 Å². The van der Waals surface area contributed by atoms with Crippen LogP contribution in [0.4, 0.5) is 5.69 Å². The van der Waals surface area contributed by atoms with Crippen LogP contribution in [-0.4, -0.2) is 22.2 Å². The molecule has 1 aromatic carbocycles. The second-order valence-electron chi connectivity index (χ2n) is 4.52. The fraction of sp³-hybridized carbons (Fsp3) is 0.286. The molecule has 7 heteroatoms. The number of aliphatic carboxylic acids is 1. The number of fused-ring (bicyclic) bond motifs is 1. The highest BCUT2D eigenvalue weighted by Gasteiger charge is 2.55. The van der Waals surface area contributed by atoms with E-state index < -0.39 is 27.8 Å². The van der Waals surface area contributed by atoms with Gasteiger partial charge in [0.25, 0.3) is 0 Å². The number of hydrogen-bond donors (Lipinski definition) is 2. The number of nitrogens with zero attached hydrogens (tertiary/aromatic N) is 2. The fourth-order valence-electron chi connectivity index (χ4n) is 2.27. The Hall–Kier alpha value is -2.51. The minimum Gasteiger partial charge on any atom is -0.480 e. The molecule has 1 amide bonds. The number of anilines is 1. The van der Waals surface area contributed by atoms with Crippen molar-refractivity contribution >= 4 is 29.3 Å². The highest BCUT2D eigenvalue weighted by Crippen LogP contribution is 2.52. The molecule has 2 atom stereocenters. The summed E-state index contributed by atoms with van der Waals surface area (Å²) in [6, 6.07) is 10.3. The van der Waals surface area contributed by atoms with Gasteiger partial charge in [0.05, 0.1) is 12.1 Å². The third kappa shape index (κ3) is 2.22. The van der Waals surface area contributed by atoms with Crippen LogP contribution in [0.3, 0.4) is 0 Å². The summed E-state index contributed by atoms with van der Waals surface area (Å²) in [5.74, 6) is -2.92. The molecule has 6 nitrogen and oxygen atoms in total. The number of para-hydroxylation sites is 1. The predicted molar refractivity (Wildman–Crippen MR) is 76.2 cm³/mol. The standard InChI is InChI=1S/C14H11N3O3S/c1-8(12(18)19)21-14(9(6-15)7-16)10-4-2-3-5-11(10)17-13(14)20/h2-5,8-9H,1H3,(H,17,20)(H,18,19). The fourth-order valence-corrected chi connectivity index (χ4v) is 3.63. The number of benzene rings is 1. The Balaban J connectivity index is 2.63. The quantitative estimate of drug-likeness (QED) is 0.875. The Morgan fingerprint density at radius 1 is 1.38 bits per heavy atom. The summed E-state index contributed by atoms with van der Waals surface area (Å²) in [6.07, 6.45) is 0. The minimum absolute atomic E-state index is 0.473. The van der Waals surface area contributed by atoms with Gasteiger partial charge in [0.15, 0.2) is 10.7 Å². The van der Waals surface area contributed by atoms with E-state index in [1.54, 1.807) is 24.3 Å². The molecule has 0 bridgehead atoms. The van der Waals surface area contributed by atoms with E-state index in [0.717, 1.165) is 11.8 Å². The average molecular weight is 301 g/mol. The number of hydrogen-bond acceptors (Lipinski definition) is 5. The van der Waals surface area contributed by atoms with Gasteiger partial charge in [-0.05, 0) is 13.0 Å². The molecule has 106 valence electrons. The minimum atomic E-state index is -1.53. The van der Waals surface area contributed by atoms with Gasteiger partial charge in [-0.25, -0.2) is 0 Å². The number of nitrogens with one attached hydrogen (secondary N) is 1. The van der Waals surface area contributed by atoms with E-state index in [9.17, 15) is 20.1 Å². The maximum Gasteiger partial charge on any atom is 0.316 e. The lowest BCUT2D eigenvalue weighted by molar-refractivity contribution is -0.136. The maximum absolute atomic E-state index is 12.4. The molecule has 0 aromatic heterocycles. The van der Waals surface area contributed by atoms with Crippen molar-refractivity contribution in [1.82, 2.24) is 0 Å². The van der Waals surface area contributed by atoms with E-state index >= 15 is 0 Å². The Bertz CT molecular complexity index is 677. The van der Waals surface area contributed by atoms with E-state index in [4.69, 9.17) is 5.11 Å². The molecular formula is C14H11N3O3S. The lowest BCUT2D eigenvalue weighted by Gasteiger charge is -2.29. The van der Waals surface area contributed by atoms with Crippen LogP contribution in [0.5, 0.6) is 0 Å². The van der Waals surface area contributed by atoms with Crippen molar-refractivity contribution in [3.63, 3.8) is 0 Å². The molecule has 0 saturated heterocycles. The molecule has 21 heavy (non-hydrogen) atoms. The lowest BCUT2D eigenvalue weighted by Crippen LogP contribution is -2.40. The smallest absolute Gasteiger partial charge is 0.316 e. The first-order valence-electron chi connectivity index (χ1n) is 6.08. The molecule has 1 aliphatic heterocycles. The molecule has 1 aliphatic rings. The maximum atomic E-state index is 12.4.